The Hall–Kier alpha value is -2.38. The van der Waals surface area contributed by atoms with E-state index in [0.717, 1.165) is 11.3 Å². The molecule has 3 rings (SSSR count). The standard InChI is InChI=1S/C19H23N3O3S/c1-15(2)22-19(11-12-20-22)26(23,24)21-13-10-17(18-9-6-14-25-18)16-7-4-3-5-8-16/h3-9,11-12,14-15,17,21H,10,13H2,1-2H3. The molecule has 0 saturated heterocycles. The average Bonchev–Trinajstić information content (AvgIpc) is 3.31. The predicted octanol–water partition coefficient (Wildman–Crippen LogP) is 3.56. The Bertz CT molecular complexity index is 916. The van der Waals surface area contributed by atoms with Crippen molar-refractivity contribution < 1.29 is 12.8 Å². The van der Waals surface area contributed by atoms with Crippen LogP contribution >= 0.6 is 0 Å². The summed E-state index contributed by atoms with van der Waals surface area (Å²) < 4.78 is 35.0. The van der Waals surface area contributed by atoms with E-state index in [2.05, 4.69) is 9.82 Å². The molecule has 7 heteroatoms. The highest BCUT2D eigenvalue weighted by molar-refractivity contribution is 7.89. The highest BCUT2D eigenvalue weighted by atomic mass is 32.2. The van der Waals surface area contributed by atoms with Crippen LogP contribution < -0.4 is 4.72 Å². The molecule has 2 heterocycles. The third-order valence-electron chi connectivity index (χ3n) is 4.21. The lowest BCUT2D eigenvalue weighted by Crippen LogP contribution is -2.28. The van der Waals surface area contributed by atoms with E-state index in [1.54, 1.807) is 6.26 Å². The van der Waals surface area contributed by atoms with E-state index in [9.17, 15) is 8.42 Å². The summed E-state index contributed by atoms with van der Waals surface area (Å²) in [4.78, 5) is 0. The van der Waals surface area contributed by atoms with Crippen LogP contribution in [0.4, 0.5) is 0 Å². The smallest absolute Gasteiger partial charge is 0.257 e. The Balaban J connectivity index is 1.73. The van der Waals surface area contributed by atoms with Gasteiger partial charge in [-0.25, -0.2) is 13.1 Å². The van der Waals surface area contributed by atoms with Crippen molar-refractivity contribution in [1.82, 2.24) is 14.5 Å². The van der Waals surface area contributed by atoms with Crippen LogP contribution in [-0.2, 0) is 10.0 Å². The summed E-state index contributed by atoms with van der Waals surface area (Å²) in [5, 5.41) is 4.28. The highest BCUT2D eigenvalue weighted by Crippen LogP contribution is 2.28. The quantitative estimate of drug-likeness (QED) is 0.655. The van der Waals surface area contributed by atoms with E-state index in [1.807, 2.05) is 56.3 Å². The molecule has 3 aromatic rings. The van der Waals surface area contributed by atoms with Gasteiger partial charge in [-0.05, 0) is 44.0 Å². The zero-order valence-electron chi connectivity index (χ0n) is 14.9. The first kappa shape index (κ1) is 18.4. The maximum atomic E-state index is 12.6. The lowest BCUT2D eigenvalue weighted by molar-refractivity contribution is 0.466. The van der Waals surface area contributed by atoms with Gasteiger partial charge in [0.15, 0.2) is 5.03 Å². The summed E-state index contributed by atoms with van der Waals surface area (Å²) >= 11 is 0. The lowest BCUT2D eigenvalue weighted by Gasteiger charge is -2.16. The van der Waals surface area contributed by atoms with Crippen molar-refractivity contribution in [2.75, 3.05) is 6.54 Å². The summed E-state index contributed by atoms with van der Waals surface area (Å²) in [5.74, 6) is 0.812. The molecule has 0 fully saturated rings. The van der Waals surface area contributed by atoms with Crippen LogP contribution in [0.5, 0.6) is 0 Å². The number of aromatic nitrogens is 2. The summed E-state index contributed by atoms with van der Waals surface area (Å²) in [6, 6.07) is 15.2. The van der Waals surface area contributed by atoms with E-state index >= 15 is 0 Å². The molecule has 6 nitrogen and oxygen atoms in total. The van der Waals surface area contributed by atoms with Gasteiger partial charge in [0.1, 0.15) is 5.76 Å². The molecule has 1 aromatic carbocycles. The van der Waals surface area contributed by atoms with Crippen LogP contribution in [0.25, 0.3) is 0 Å². The number of nitrogens with zero attached hydrogens (tertiary/aromatic N) is 2. The molecular formula is C19H23N3O3S. The van der Waals surface area contributed by atoms with Crippen molar-refractivity contribution in [2.24, 2.45) is 0 Å². The molecule has 1 unspecified atom stereocenters. The highest BCUT2D eigenvalue weighted by Gasteiger charge is 2.22. The van der Waals surface area contributed by atoms with Gasteiger partial charge in [0.25, 0.3) is 10.0 Å². The predicted molar refractivity (Wildman–Crippen MR) is 99.4 cm³/mol. The maximum Gasteiger partial charge on any atom is 0.257 e. The number of sulfonamides is 1. The fourth-order valence-corrected chi connectivity index (χ4v) is 4.24. The van der Waals surface area contributed by atoms with Crippen molar-refractivity contribution in [3.63, 3.8) is 0 Å². The zero-order valence-corrected chi connectivity index (χ0v) is 15.7. The van der Waals surface area contributed by atoms with Crippen LogP contribution in [0.3, 0.4) is 0 Å². The Morgan fingerprint density at radius 2 is 1.88 bits per heavy atom. The van der Waals surface area contributed by atoms with Gasteiger partial charge in [0.05, 0.1) is 12.5 Å². The minimum Gasteiger partial charge on any atom is -0.469 e. The second-order valence-electron chi connectivity index (χ2n) is 6.37. The van der Waals surface area contributed by atoms with Crippen LogP contribution in [0.15, 0.2) is 70.4 Å². The zero-order chi connectivity index (χ0) is 18.6. The monoisotopic (exact) mass is 373 g/mol. The van der Waals surface area contributed by atoms with Crippen LogP contribution in [0.1, 0.15) is 43.6 Å². The van der Waals surface area contributed by atoms with Crippen LogP contribution in [0, 0.1) is 0 Å². The normalized spacial score (nSPS) is 13.2. The van der Waals surface area contributed by atoms with Gasteiger partial charge in [-0.3, -0.25) is 4.68 Å². The molecule has 0 bridgehead atoms. The molecule has 0 amide bonds. The molecule has 0 aliphatic heterocycles. The van der Waals surface area contributed by atoms with Crippen molar-refractivity contribution in [3.05, 3.63) is 72.3 Å². The first-order valence-electron chi connectivity index (χ1n) is 8.60. The molecule has 138 valence electrons. The molecule has 0 spiro atoms. The molecule has 2 aromatic heterocycles. The lowest BCUT2D eigenvalue weighted by atomic mass is 9.93. The fraction of sp³-hybridized carbons (Fsp3) is 0.316. The number of nitrogens with one attached hydrogen (secondary N) is 1. The Morgan fingerprint density at radius 1 is 1.12 bits per heavy atom. The molecular weight excluding hydrogens is 350 g/mol. The van der Waals surface area contributed by atoms with E-state index in [0.29, 0.717) is 13.0 Å². The van der Waals surface area contributed by atoms with E-state index in [-0.39, 0.29) is 17.0 Å². The van der Waals surface area contributed by atoms with Crippen molar-refractivity contribution in [3.8, 4) is 0 Å². The average molecular weight is 373 g/mol. The number of benzene rings is 1. The number of hydrogen-bond donors (Lipinski definition) is 1. The largest absolute Gasteiger partial charge is 0.469 e. The molecule has 0 aliphatic carbocycles. The molecule has 0 aliphatic rings. The molecule has 0 radical (unpaired) electrons. The van der Waals surface area contributed by atoms with E-state index in [1.165, 1.54) is 16.9 Å². The third kappa shape index (κ3) is 4.05. The van der Waals surface area contributed by atoms with Gasteiger partial charge >= 0.3 is 0 Å². The van der Waals surface area contributed by atoms with Crippen LogP contribution in [-0.4, -0.2) is 24.7 Å². The molecule has 1 atom stereocenters. The summed E-state index contributed by atoms with van der Waals surface area (Å²) in [5.41, 5.74) is 1.09. The van der Waals surface area contributed by atoms with Gasteiger partial charge in [-0.2, -0.15) is 5.10 Å². The van der Waals surface area contributed by atoms with Gasteiger partial charge in [-0.15, -0.1) is 0 Å². The van der Waals surface area contributed by atoms with Crippen molar-refractivity contribution in [1.29, 1.82) is 0 Å². The summed E-state index contributed by atoms with van der Waals surface area (Å²) in [6.07, 6.45) is 3.73. The molecule has 0 saturated carbocycles. The van der Waals surface area contributed by atoms with Crippen molar-refractivity contribution in [2.45, 2.75) is 37.3 Å². The second kappa shape index (κ2) is 7.88. The van der Waals surface area contributed by atoms with Crippen LogP contribution in [0.2, 0.25) is 0 Å². The van der Waals surface area contributed by atoms with E-state index < -0.39 is 10.0 Å². The second-order valence-corrected chi connectivity index (χ2v) is 8.09. The minimum atomic E-state index is -3.62. The van der Waals surface area contributed by atoms with Gasteiger partial charge in [0.2, 0.25) is 0 Å². The third-order valence-corrected chi connectivity index (χ3v) is 5.67. The molecule has 26 heavy (non-hydrogen) atoms. The minimum absolute atomic E-state index is 0.0103. The maximum absolute atomic E-state index is 12.6. The summed E-state index contributed by atoms with van der Waals surface area (Å²) in [6.45, 7) is 4.09. The van der Waals surface area contributed by atoms with E-state index in [4.69, 9.17) is 4.42 Å². The topological polar surface area (TPSA) is 77.1 Å². The number of rotatable bonds is 8. The van der Waals surface area contributed by atoms with Crippen molar-refractivity contribution >= 4 is 10.0 Å². The number of furan rings is 1. The fourth-order valence-electron chi connectivity index (χ4n) is 2.96. The first-order chi connectivity index (χ1) is 12.5. The SMILES string of the molecule is CC(C)n1nccc1S(=O)(=O)NCCC(c1ccccc1)c1ccco1. The Labute approximate surface area is 153 Å². The first-order valence-corrected chi connectivity index (χ1v) is 10.1. The Morgan fingerprint density at radius 3 is 2.54 bits per heavy atom. The van der Waals surface area contributed by atoms with Gasteiger partial charge in [-0.1, -0.05) is 30.3 Å². The van der Waals surface area contributed by atoms with Gasteiger partial charge in [0, 0.05) is 18.5 Å². The summed E-state index contributed by atoms with van der Waals surface area (Å²) in [7, 11) is -3.62. The number of hydrogen-bond acceptors (Lipinski definition) is 4. The molecule has 1 N–H and O–H groups in total. The Kier molecular flexibility index (Phi) is 5.58. The van der Waals surface area contributed by atoms with Gasteiger partial charge < -0.3 is 4.42 Å².